The summed E-state index contributed by atoms with van der Waals surface area (Å²) in [4.78, 5) is 77.5. The van der Waals surface area contributed by atoms with E-state index in [2.05, 4.69) is 113 Å². The number of aromatic nitrogens is 1. The molecule has 1 aliphatic heterocycles. The van der Waals surface area contributed by atoms with E-state index >= 15 is 9.59 Å². The first kappa shape index (κ1) is 56.4. The van der Waals surface area contributed by atoms with Crippen LogP contribution in [0.1, 0.15) is 211 Å². The third-order valence-corrected chi connectivity index (χ3v) is 14.8. The number of carbonyl (C=O) groups is 5. The molecule has 3 aliphatic rings. The van der Waals surface area contributed by atoms with Crippen LogP contribution in [-0.4, -0.2) is 57.9 Å². The van der Waals surface area contributed by atoms with Gasteiger partial charge in [-0.05, 0) is 88.2 Å². The van der Waals surface area contributed by atoms with Gasteiger partial charge in [-0.15, -0.1) is 0 Å². The van der Waals surface area contributed by atoms with Crippen LogP contribution in [-0.2, 0) is 28.7 Å². The zero-order valence-corrected chi connectivity index (χ0v) is 45.8. The Morgan fingerprint density at radius 3 is 1.46 bits per heavy atom. The van der Waals surface area contributed by atoms with Crippen molar-refractivity contribution in [2.24, 2.45) is 73.5 Å². The minimum Gasteiger partial charge on any atom is -0.481 e. The van der Waals surface area contributed by atoms with Crippen molar-refractivity contribution in [2.75, 3.05) is 5.32 Å². The maximum atomic E-state index is 15.2. The van der Waals surface area contributed by atoms with E-state index in [4.69, 9.17) is 14.5 Å². The number of aromatic amines is 1. The van der Waals surface area contributed by atoms with Gasteiger partial charge in [0.15, 0.2) is 0 Å². The summed E-state index contributed by atoms with van der Waals surface area (Å²) in [5.41, 5.74) is 0.819. The molecule has 12 heteroatoms. The monoisotopic (exact) mass is 947 g/mol. The highest BCUT2D eigenvalue weighted by atomic mass is 16.5. The molecule has 0 saturated heterocycles. The third kappa shape index (κ3) is 13.3. The first-order valence-corrected chi connectivity index (χ1v) is 25.4. The molecule has 382 valence electrons. The Morgan fingerprint density at radius 2 is 1.09 bits per heavy atom. The summed E-state index contributed by atoms with van der Waals surface area (Å²) in [5.74, 6) is -2.42. The number of hydrogen-bond donors (Lipinski definition) is 4. The number of aliphatic imine (C=N–C) groups is 1. The fourth-order valence-corrected chi connectivity index (χ4v) is 11.0. The second-order valence-electron chi connectivity index (χ2n) is 26.7. The van der Waals surface area contributed by atoms with Crippen molar-refractivity contribution in [1.29, 1.82) is 0 Å². The van der Waals surface area contributed by atoms with Crippen LogP contribution < -0.4 is 10.6 Å². The van der Waals surface area contributed by atoms with Gasteiger partial charge >= 0.3 is 17.9 Å². The van der Waals surface area contributed by atoms with Crippen molar-refractivity contribution in [3.05, 3.63) is 33.7 Å². The first-order valence-electron chi connectivity index (χ1n) is 25.4. The molecule has 0 aromatic carbocycles. The molecule has 2 saturated carbocycles. The number of amides is 2. The van der Waals surface area contributed by atoms with Crippen molar-refractivity contribution >= 4 is 47.5 Å². The molecule has 2 heterocycles. The summed E-state index contributed by atoms with van der Waals surface area (Å²) in [7, 11) is 0. The molecule has 2 amide bonds. The number of allylic oxidation sites excluding steroid dienone is 1. The molecular formula is C56H90N4O8. The summed E-state index contributed by atoms with van der Waals surface area (Å²) in [6, 6.07) is 0. The van der Waals surface area contributed by atoms with Crippen molar-refractivity contribution < 1.29 is 38.6 Å². The van der Waals surface area contributed by atoms with Crippen LogP contribution in [0.3, 0.4) is 0 Å². The van der Waals surface area contributed by atoms with Crippen LogP contribution in [0.5, 0.6) is 0 Å². The number of hydrogen-bond acceptors (Lipinski definition) is 8. The minimum absolute atomic E-state index is 0.0527. The standard InChI is InChI=1S/C56H90N4O8/c1-29(2)41-37(57-47(59-39(61)22-23-40(62)63)43(41)49(64)67-45-33(52(7,8)9)24-31(5)25-34(45)53(10,11)12)28-38-42(30(3)4)44(48(58-38)60-51(66)56(19,20)21)50(65)68-46-35(54(13,14)15)26-32(6)27-36(46)55(16,17)18/h28-36,45-46,57H,22-27H2,1-21H3,(H,59,61)(H,62,63)(H,58,60,66). The molecule has 1 aromatic rings. The van der Waals surface area contributed by atoms with Crippen molar-refractivity contribution in [3.8, 4) is 0 Å². The summed E-state index contributed by atoms with van der Waals surface area (Å²) in [6.07, 6.45) is 3.85. The SMILES string of the molecule is CC1CC(C(C)(C)C)C(OC(=O)C2=C(C(C)C)C(=Cc3[nH]c(NC(=O)CCC(=O)O)c(C(=O)OC4C(C(C)(C)C)CC(C)CC4C(C)(C)C)c3C(C)C)N=C2NC(=O)C(C)(C)C)C(C(C)(C)C)C1. The second kappa shape index (κ2) is 20.6. The molecule has 4 atom stereocenters. The average Bonchev–Trinajstić information content (AvgIpc) is 3.70. The van der Waals surface area contributed by atoms with Crippen LogP contribution in [0.25, 0.3) is 6.08 Å². The van der Waals surface area contributed by atoms with Gasteiger partial charge < -0.3 is 30.2 Å². The van der Waals surface area contributed by atoms with E-state index in [-0.39, 0.29) is 92.3 Å². The van der Waals surface area contributed by atoms with Gasteiger partial charge in [0.1, 0.15) is 35.0 Å². The van der Waals surface area contributed by atoms with Crippen LogP contribution in [0.2, 0.25) is 0 Å². The van der Waals surface area contributed by atoms with Crippen LogP contribution in [0.4, 0.5) is 5.82 Å². The van der Waals surface area contributed by atoms with Gasteiger partial charge in [-0.3, -0.25) is 14.4 Å². The molecule has 0 spiro atoms. The number of aliphatic carboxylic acids is 1. The molecule has 1 aromatic heterocycles. The van der Waals surface area contributed by atoms with Gasteiger partial charge in [0, 0.05) is 41.2 Å². The first-order chi connectivity index (χ1) is 30.8. The number of ether oxygens (including phenoxy) is 2. The highest BCUT2D eigenvalue weighted by Crippen LogP contribution is 2.52. The van der Waals surface area contributed by atoms with E-state index in [0.29, 0.717) is 34.4 Å². The van der Waals surface area contributed by atoms with Crippen molar-refractivity contribution in [3.63, 3.8) is 0 Å². The van der Waals surface area contributed by atoms with Crippen molar-refractivity contribution in [1.82, 2.24) is 10.3 Å². The predicted molar refractivity (Wildman–Crippen MR) is 273 cm³/mol. The van der Waals surface area contributed by atoms with Gasteiger partial charge in [0.05, 0.1) is 12.1 Å². The van der Waals surface area contributed by atoms with Gasteiger partial charge in [-0.1, -0.05) is 145 Å². The largest absolute Gasteiger partial charge is 0.481 e. The number of carbonyl (C=O) groups excluding carboxylic acids is 4. The zero-order valence-electron chi connectivity index (χ0n) is 45.8. The predicted octanol–water partition coefficient (Wildman–Crippen LogP) is 12.8. The fourth-order valence-electron chi connectivity index (χ4n) is 11.0. The Bertz CT molecular complexity index is 2110. The van der Waals surface area contributed by atoms with E-state index in [9.17, 15) is 19.5 Å². The summed E-state index contributed by atoms with van der Waals surface area (Å²) in [5, 5.41) is 15.3. The molecule has 4 unspecified atom stereocenters. The number of amidine groups is 1. The summed E-state index contributed by atoms with van der Waals surface area (Å²) >= 11 is 0. The Labute approximate surface area is 409 Å². The molecule has 12 nitrogen and oxygen atoms in total. The zero-order chi connectivity index (χ0) is 52.0. The molecule has 4 rings (SSSR count). The fraction of sp³-hybridized carbons (Fsp3) is 0.750. The van der Waals surface area contributed by atoms with Gasteiger partial charge in [0.25, 0.3) is 0 Å². The molecule has 4 N–H and O–H groups in total. The lowest BCUT2D eigenvalue weighted by Gasteiger charge is -2.50. The van der Waals surface area contributed by atoms with E-state index in [1.165, 1.54) is 0 Å². The lowest BCUT2D eigenvalue weighted by atomic mass is 9.59. The van der Waals surface area contributed by atoms with Crippen LogP contribution in [0, 0.1) is 68.5 Å². The Hall–Kier alpha value is -4.22. The third-order valence-electron chi connectivity index (χ3n) is 14.8. The highest BCUT2D eigenvalue weighted by Gasteiger charge is 2.51. The van der Waals surface area contributed by atoms with Gasteiger partial charge in [-0.2, -0.15) is 0 Å². The highest BCUT2D eigenvalue weighted by molar-refractivity contribution is 6.26. The number of esters is 2. The quantitative estimate of drug-likeness (QED) is 0.158. The lowest BCUT2D eigenvalue weighted by molar-refractivity contribution is -0.164. The number of nitrogens with one attached hydrogen (secondary N) is 3. The molecule has 68 heavy (non-hydrogen) atoms. The Balaban J connectivity index is 2.01. The van der Waals surface area contributed by atoms with E-state index < -0.39 is 47.9 Å². The van der Waals surface area contributed by atoms with E-state index in [1.54, 1.807) is 26.8 Å². The minimum atomic E-state index is -1.12. The summed E-state index contributed by atoms with van der Waals surface area (Å²) in [6.45, 7) is 44.2. The normalized spacial score (nSPS) is 26.0. The maximum Gasteiger partial charge on any atom is 0.342 e. The molecule has 0 bridgehead atoms. The van der Waals surface area contributed by atoms with Crippen LogP contribution in [0.15, 0.2) is 21.8 Å². The summed E-state index contributed by atoms with van der Waals surface area (Å²) < 4.78 is 13.6. The molecule has 2 fully saturated rings. The van der Waals surface area contributed by atoms with E-state index in [1.807, 2.05) is 27.7 Å². The number of carboxylic acid groups (broad SMARTS) is 1. The van der Waals surface area contributed by atoms with E-state index in [0.717, 1.165) is 25.7 Å². The molecule has 0 radical (unpaired) electrons. The maximum absolute atomic E-state index is 15.2. The van der Waals surface area contributed by atoms with Gasteiger partial charge in [-0.25, -0.2) is 14.6 Å². The number of rotatable bonds is 11. The Morgan fingerprint density at radius 1 is 0.662 bits per heavy atom. The van der Waals surface area contributed by atoms with Crippen molar-refractivity contribution in [2.45, 2.75) is 202 Å². The number of H-pyrrole nitrogens is 1. The molecular weight excluding hydrogens is 857 g/mol. The lowest BCUT2D eigenvalue weighted by Crippen LogP contribution is -2.50. The smallest absolute Gasteiger partial charge is 0.342 e. The van der Waals surface area contributed by atoms with Gasteiger partial charge in [0.2, 0.25) is 11.8 Å². The Kier molecular flexibility index (Phi) is 17.1. The van der Waals surface area contributed by atoms with Crippen LogP contribution >= 0.6 is 0 Å². The topological polar surface area (TPSA) is 176 Å². The number of nitrogens with zero attached hydrogens (tertiary/aromatic N) is 1. The number of anilines is 1. The second-order valence-corrected chi connectivity index (χ2v) is 26.7. The number of carboxylic acids is 1. The molecule has 2 aliphatic carbocycles. The average molecular weight is 947 g/mol.